The Labute approximate surface area is 194 Å². The Hall–Kier alpha value is -2.45. The minimum atomic E-state index is -0.348. The summed E-state index contributed by atoms with van der Waals surface area (Å²) in [6, 6.07) is 17.2. The Morgan fingerprint density at radius 2 is 1.63 bits per heavy atom. The fourth-order valence-electron chi connectivity index (χ4n) is 2.73. The molecule has 30 heavy (non-hydrogen) atoms. The molecular formula is C21H12BrCl2N3O2S. The molecule has 2 N–H and O–H groups in total. The number of fused-ring (bicyclic) bond motifs is 1. The van der Waals surface area contributed by atoms with Crippen molar-refractivity contribution in [2.75, 3.05) is 10.6 Å². The van der Waals surface area contributed by atoms with E-state index in [2.05, 4.69) is 31.5 Å². The molecule has 4 aromatic rings. The second-order valence-electron chi connectivity index (χ2n) is 6.19. The van der Waals surface area contributed by atoms with Crippen LogP contribution in [0.3, 0.4) is 0 Å². The van der Waals surface area contributed by atoms with Crippen LogP contribution in [0.15, 0.2) is 65.1 Å². The highest BCUT2D eigenvalue weighted by Gasteiger charge is 2.15. The lowest BCUT2D eigenvalue weighted by Crippen LogP contribution is -2.12. The lowest BCUT2D eigenvalue weighted by Gasteiger charge is -2.09. The first kappa shape index (κ1) is 20.8. The van der Waals surface area contributed by atoms with Crippen molar-refractivity contribution < 1.29 is 9.59 Å². The zero-order chi connectivity index (χ0) is 21.3. The number of halogens is 3. The molecule has 0 fully saturated rings. The number of hydrogen-bond acceptors (Lipinski definition) is 4. The van der Waals surface area contributed by atoms with E-state index in [-0.39, 0.29) is 11.8 Å². The van der Waals surface area contributed by atoms with Gasteiger partial charge in [-0.25, -0.2) is 4.98 Å². The number of rotatable bonds is 4. The van der Waals surface area contributed by atoms with Gasteiger partial charge in [0.15, 0.2) is 5.13 Å². The van der Waals surface area contributed by atoms with Crippen LogP contribution < -0.4 is 10.6 Å². The zero-order valence-electron chi connectivity index (χ0n) is 15.1. The molecule has 9 heteroatoms. The minimum Gasteiger partial charge on any atom is -0.319 e. The van der Waals surface area contributed by atoms with E-state index in [1.54, 1.807) is 54.6 Å². The summed E-state index contributed by atoms with van der Waals surface area (Å²) in [5, 5.41) is 6.68. The number of hydrogen-bond donors (Lipinski definition) is 2. The van der Waals surface area contributed by atoms with Gasteiger partial charge in [0.1, 0.15) is 0 Å². The molecule has 2 amide bonds. The number of carbonyl (C=O) groups is 2. The number of benzene rings is 3. The maximum absolute atomic E-state index is 12.7. The fourth-order valence-corrected chi connectivity index (χ4v) is 4.59. The summed E-state index contributed by atoms with van der Waals surface area (Å²) in [6.07, 6.45) is 0. The molecule has 5 nitrogen and oxygen atoms in total. The molecule has 1 heterocycles. The second kappa shape index (κ2) is 8.73. The van der Waals surface area contributed by atoms with Crippen molar-refractivity contribution in [2.24, 2.45) is 0 Å². The van der Waals surface area contributed by atoms with E-state index < -0.39 is 0 Å². The van der Waals surface area contributed by atoms with Crippen LogP contribution in [0.1, 0.15) is 20.7 Å². The highest BCUT2D eigenvalue weighted by atomic mass is 79.9. The maximum atomic E-state index is 12.7. The largest absolute Gasteiger partial charge is 0.319 e. The van der Waals surface area contributed by atoms with Crippen LogP contribution in [0.2, 0.25) is 10.0 Å². The Morgan fingerprint density at radius 3 is 2.37 bits per heavy atom. The number of nitrogens with zero attached hydrogens (tertiary/aromatic N) is 1. The Bertz CT molecular complexity index is 1270. The molecule has 150 valence electrons. The van der Waals surface area contributed by atoms with Crippen molar-refractivity contribution >= 4 is 83.3 Å². The van der Waals surface area contributed by atoms with Crippen molar-refractivity contribution in [3.05, 3.63) is 86.3 Å². The van der Waals surface area contributed by atoms with Gasteiger partial charge in [0.25, 0.3) is 11.8 Å². The summed E-state index contributed by atoms with van der Waals surface area (Å²) >= 11 is 16.9. The topological polar surface area (TPSA) is 71.1 Å². The van der Waals surface area contributed by atoms with Crippen LogP contribution in [0, 0.1) is 0 Å². The van der Waals surface area contributed by atoms with Crippen molar-refractivity contribution in [1.82, 2.24) is 4.98 Å². The molecule has 1 aromatic heterocycles. The number of carbonyl (C=O) groups excluding carboxylic acids is 2. The van der Waals surface area contributed by atoms with Crippen LogP contribution in [0.25, 0.3) is 10.2 Å². The molecule has 0 radical (unpaired) electrons. The van der Waals surface area contributed by atoms with E-state index in [4.69, 9.17) is 23.2 Å². The van der Waals surface area contributed by atoms with Gasteiger partial charge in [-0.05, 0) is 58.4 Å². The summed E-state index contributed by atoms with van der Waals surface area (Å²) in [6.45, 7) is 0. The molecule has 0 bridgehead atoms. The maximum Gasteiger partial charge on any atom is 0.258 e. The first-order chi connectivity index (χ1) is 14.4. The summed E-state index contributed by atoms with van der Waals surface area (Å²) < 4.78 is 1.45. The molecule has 0 saturated heterocycles. The van der Waals surface area contributed by atoms with Gasteiger partial charge >= 0.3 is 0 Å². The lowest BCUT2D eigenvalue weighted by molar-refractivity contribution is 0.101. The van der Waals surface area contributed by atoms with Crippen molar-refractivity contribution in [1.29, 1.82) is 0 Å². The van der Waals surface area contributed by atoms with Crippen molar-refractivity contribution in [2.45, 2.75) is 0 Å². The van der Waals surface area contributed by atoms with Gasteiger partial charge in [0.2, 0.25) is 0 Å². The molecule has 4 rings (SSSR count). The van der Waals surface area contributed by atoms with Crippen LogP contribution in [-0.2, 0) is 0 Å². The Balaban J connectivity index is 1.56. The van der Waals surface area contributed by atoms with E-state index in [1.165, 1.54) is 11.3 Å². The molecular weight excluding hydrogens is 509 g/mol. The minimum absolute atomic E-state index is 0.271. The molecule has 3 aromatic carbocycles. The third-order valence-corrected chi connectivity index (χ3v) is 6.45. The molecule has 0 saturated carbocycles. The number of thiazole rings is 1. The highest BCUT2D eigenvalue weighted by Crippen LogP contribution is 2.31. The first-order valence-corrected chi connectivity index (χ1v) is 11.0. The van der Waals surface area contributed by atoms with Crippen LogP contribution in [-0.4, -0.2) is 16.8 Å². The van der Waals surface area contributed by atoms with Crippen LogP contribution >= 0.6 is 50.5 Å². The van der Waals surface area contributed by atoms with Gasteiger partial charge in [-0.15, -0.1) is 0 Å². The van der Waals surface area contributed by atoms with Gasteiger partial charge in [-0.1, -0.05) is 52.7 Å². The zero-order valence-corrected chi connectivity index (χ0v) is 19.0. The fraction of sp³-hybridized carbons (Fsp3) is 0. The number of nitrogens with one attached hydrogen (secondary N) is 2. The predicted octanol–water partition coefficient (Wildman–Crippen LogP) is 6.87. The van der Waals surface area contributed by atoms with Gasteiger partial charge in [-0.3, -0.25) is 14.9 Å². The highest BCUT2D eigenvalue weighted by molar-refractivity contribution is 9.10. The average Bonchev–Trinajstić information content (AvgIpc) is 3.12. The average molecular weight is 521 g/mol. The molecule has 0 unspecified atom stereocenters. The summed E-state index contributed by atoms with van der Waals surface area (Å²) in [5.41, 5.74) is 1.96. The van der Waals surface area contributed by atoms with E-state index in [9.17, 15) is 9.59 Å². The number of aromatic nitrogens is 1. The van der Waals surface area contributed by atoms with Crippen molar-refractivity contribution in [3.63, 3.8) is 0 Å². The lowest BCUT2D eigenvalue weighted by atomic mass is 10.2. The van der Waals surface area contributed by atoms with E-state index in [0.717, 1.165) is 4.70 Å². The van der Waals surface area contributed by atoms with Gasteiger partial charge in [-0.2, -0.15) is 0 Å². The monoisotopic (exact) mass is 519 g/mol. The SMILES string of the molecule is O=C(Nc1c(Cl)cccc1Cl)c1ccc2nc(NC(=O)c3ccccc3Br)sc2c1. The van der Waals surface area contributed by atoms with E-state index in [1.807, 2.05) is 6.07 Å². The number of amides is 2. The standard InChI is InChI=1S/C21H12BrCl2N3O2S/c22-13-5-2-1-4-12(13)20(29)27-21-25-16-9-8-11(10-17(16)30-21)19(28)26-18-14(23)6-3-7-15(18)24/h1-10H,(H,26,28)(H,25,27,29). The Morgan fingerprint density at radius 1 is 0.900 bits per heavy atom. The first-order valence-electron chi connectivity index (χ1n) is 8.64. The third kappa shape index (κ3) is 4.34. The molecule has 0 aliphatic heterocycles. The quantitative estimate of drug-likeness (QED) is 0.308. The summed E-state index contributed by atoms with van der Waals surface area (Å²) in [4.78, 5) is 29.6. The normalized spacial score (nSPS) is 10.8. The van der Waals surface area contributed by atoms with Gasteiger partial charge in [0.05, 0.1) is 31.5 Å². The number of para-hydroxylation sites is 1. The van der Waals surface area contributed by atoms with Gasteiger partial charge in [0, 0.05) is 10.0 Å². The Kier molecular flexibility index (Phi) is 6.06. The van der Waals surface area contributed by atoms with E-state index >= 15 is 0 Å². The molecule has 0 aliphatic rings. The third-order valence-electron chi connectivity index (χ3n) is 4.19. The second-order valence-corrected chi connectivity index (χ2v) is 8.89. The number of anilines is 2. The van der Waals surface area contributed by atoms with Gasteiger partial charge < -0.3 is 5.32 Å². The van der Waals surface area contributed by atoms with Crippen molar-refractivity contribution in [3.8, 4) is 0 Å². The van der Waals surface area contributed by atoms with Crippen LogP contribution in [0.5, 0.6) is 0 Å². The molecule has 0 spiro atoms. The van der Waals surface area contributed by atoms with E-state index in [0.29, 0.717) is 42.0 Å². The summed E-state index contributed by atoms with van der Waals surface area (Å²) in [5.74, 6) is -0.619. The summed E-state index contributed by atoms with van der Waals surface area (Å²) in [7, 11) is 0. The van der Waals surface area contributed by atoms with Crippen LogP contribution in [0.4, 0.5) is 10.8 Å². The molecule has 0 atom stereocenters. The predicted molar refractivity (Wildman–Crippen MR) is 126 cm³/mol. The molecule has 0 aliphatic carbocycles. The smallest absolute Gasteiger partial charge is 0.258 e.